The van der Waals surface area contributed by atoms with E-state index in [1.807, 2.05) is 0 Å². The van der Waals surface area contributed by atoms with Crippen LogP contribution < -0.4 is 0 Å². The van der Waals surface area contributed by atoms with Crippen molar-refractivity contribution < 1.29 is 9.47 Å². The summed E-state index contributed by atoms with van der Waals surface area (Å²) in [5.74, 6) is 0.838. The fraction of sp³-hybridized carbons (Fsp3) is 1.00. The first-order chi connectivity index (χ1) is 10.0. The van der Waals surface area contributed by atoms with Crippen LogP contribution in [0.5, 0.6) is 0 Å². The highest BCUT2D eigenvalue weighted by Crippen LogP contribution is 2.30. The Kier molecular flexibility index (Phi) is 6.97. The van der Waals surface area contributed by atoms with Crippen molar-refractivity contribution in [2.75, 3.05) is 19.6 Å². The van der Waals surface area contributed by atoms with Crippen LogP contribution >= 0.6 is 0 Å². The molecule has 3 nitrogen and oxygen atoms in total. The molecule has 2 fully saturated rings. The molecule has 1 saturated heterocycles. The van der Waals surface area contributed by atoms with Gasteiger partial charge in [-0.15, -0.1) is 0 Å². The number of hydrogen-bond donors (Lipinski definition) is 0. The molecule has 0 atom stereocenters. The molecule has 0 unspecified atom stereocenters. The molecule has 0 spiro atoms. The highest BCUT2D eigenvalue weighted by Gasteiger charge is 2.33. The largest absolute Gasteiger partial charge is 0.375 e. The quantitative estimate of drug-likeness (QED) is 0.679. The molecule has 1 heterocycles. The van der Waals surface area contributed by atoms with Crippen molar-refractivity contribution >= 4 is 0 Å². The summed E-state index contributed by atoms with van der Waals surface area (Å²) in [6.45, 7) is 12.6. The molecule has 3 heteroatoms. The van der Waals surface area contributed by atoms with Crippen molar-refractivity contribution in [1.29, 1.82) is 0 Å². The first kappa shape index (κ1) is 17.2. The molecule has 0 amide bonds. The summed E-state index contributed by atoms with van der Waals surface area (Å²) in [7, 11) is 0. The molecule has 21 heavy (non-hydrogen) atoms. The fourth-order valence-electron chi connectivity index (χ4n) is 3.39. The van der Waals surface area contributed by atoms with Gasteiger partial charge < -0.3 is 14.4 Å². The van der Waals surface area contributed by atoms with Crippen molar-refractivity contribution in [3.05, 3.63) is 0 Å². The van der Waals surface area contributed by atoms with Gasteiger partial charge in [0.15, 0.2) is 0 Å². The van der Waals surface area contributed by atoms with Crippen molar-refractivity contribution in [3.63, 3.8) is 0 Å². The molecule has 1 aliphatic heterocycles. The second-order valence-corrected chi connectivity index (χ2v) is 7.61. The van der Waals surface area contributed by atoms with E-state index < -0.39 is 0 Å². The van der Waals surface area contributed by atoms with Crippen LogP contribution in [-0.4, -0.2) is 49.0 Å². The molecule has 0 aromatic heterocycles. The highest BCUT2D eigenvalue weighted by molar-refractivity contribution is 4.84. The van der Waals surface area contributed by atoms with Crippen LogP contribution in [0.15, 0.2) is 0 Å². The summed E-state index contributed by atoms with van der Waals surface area (Å²) in [5, 5.41) is 0. The van der Waals surface area contributed by atoms with Crippen molar-refractivity contribution in [2.45, 2.75) is 90.6 Å². The van der Waals surface area contributed by atoms with E-state index in [9.17, 15) is 0 Å². The summed E-state index contributed by atoms with van der Waals surface area (Å²) in [6.07, 6.45) is 9.11. The fourth-order valence-corrected chi connectivity index (χ4v) is 3.39. The van der Waals surface area contributed by atoms with Crippen molar-refractivity contribution in [3.8, 4) is 0 Å². The monoisotopic (exact) mass is 297 g/mol. The van der Waals surface area contributed by atoms with Crippen LogP contribution in [0.2, 0.25) is 0 Å². The summed E-state index contributed by atoms with van der Waals surface area (Å²) in [5.41, 5.74) is 0. The van der Waals surface area contributed by atoms with Crippen LogP contribution in [0.3, 0.4) is 0 Å². The van der Waals surface area contributed by atoms with E-state index in [4.69, 9.17) is 9.47 Å². The molecule has 0 radical (unpaired) electrons. The average molecular weight is 297 g/mol. The van der Waals surface area contributed by atoms with E-state index >= 15 is 0 Å². The standard InChI is InChI=1S/C18H35NO2/c1-14(2)6-5-9-19-10-7-16(8-11-19)21-18-12-17(13-18)20-15(3)4/h14-18H,5-13H2,1-4H3/t17-,18-. The molecule has 0 aromatic carbocycles. The van der Waals surface area contributed by atoms with E-state index in [-0.39, 0.29) is 0 Å². The van der Waals surface area contributed by atoms with Gasteiger partial charge in [0, 0.05) is 13.1 Å². The minimum Gasteiger partial charge on any atom is -0.375 e. The lowest BCUT2D eigenvalue weighted by atomic mass is 9.91. The number of ether oxygens (including phenoxy) is 2. The third kappa shape index (κ3) is 6.25. The lowest BCUT2D eigenvalue weighted by Gasteiger charge is -2.40. The lowest BCUT2D eigenvalue weighted by molar-refractivity contribution is -0.145. The number of rotatable bonds is 8. The van der Waals surface area contributed by atoms with Gasteiger partial charge in [-0.05, 0) is 64.8 Å². The van der Waals surface area contributed by atoms with Crippen LogP contribution in [0.25, 0.3) is 0 Å². The van der Waals surface area contributed by atoms with E-state index in [0.717, 1.165) is 18.8 Å². The van der Waals surface area contributed by atoms with Gasteiger partial charge in [0.1, 0.15) is 0 Å². The normalized spacial score (nSPS) is 28.3. The van der Waals surface area contributed by atoms with Gasteiger partial charge in [0.2, 0.25) is 0 Å². The van der Waals surface area contributed by atoms with Crippen molar-refractivity contribution in [1.82, 2.24) is 4.90 Å². The third-order valence-electron chi connectivity index (χ3n) is 4.69. The lowest BCUT2D eigenvalue weighted by Crippen LogP contribution is -2.44. The van der Waals surface area contributed by atoms with Gasteiger partial charge in [0.05, 0.1) is 24.4 Å². The molecule has 124 valence electrons. The number of nitrogens with zero attached hydrogens (tertiary/aromatic N) is 1. The summed E-state index contributed by atoms with van der Waals surface area (Å²) < 4.78 is 12.0. The summed E-state index contributed by atoms with van der Waals surface area (Å²) >= 11 is 0. The molecule has 1 aliphatic carbocycles. The Morgan fingerprint density at radius 2 is 1.62 bits per heavy atom. The maximum Gasteiger partial charge on any atom is 0.0628 e. The van der Waals surface area contributed by atoms with Gasteiger partial charge in [-0.3, -0.25) is 0 Å². The first-order valence-corrected chi connectivity index (χ1v) is 9.06. The zero-order chi connectivity index (χ0) is 15.2. The van der Waals surface area contributed by atoms with Gasteiger partial charge >= 0.3 is 0 Å². The Morgan fingerprint density at radius 1 is 0.952 bits per heavy atom. The van der Waals surface area contributed by atoms with Crippen LogP contribution in [0, 0.1) is 5.92 Å². The third-order valence-corrected chi connectivity index (χ3v) is 4.69. The average Bonchev–Trinajstić information content (AvgIpc) is 2.37. The zero-order valence-corrected chi connectivity index (χ0v) is 14.5. The topological polar surface area (TPSA) is 21.7 Å². The molecule has 2 rings (SSSR count). The van der Waals surface area contributed by atoms with Gasteiger partial charge in [0.25, 0.3) is 0 Å². The van der Waals surface area contributed by atoms with Gasteiger partial charge in [-0.1, -0.05) is 13.8 Å². The summed E-state index contributed by atoms with van der Waals surface area (Å²) in [4.78, 5) is 2.62. The maximum absolute atomic E-state index is 6.22. The molecule has 0 aromatic rings. The highest BCUT2D eigenvalue weighted by atomic mass is 16.5. The minimum atomic E-state index is 0.352. The molecule has 0 N–H and O–H groups in total. The molecule has 2 aliphatic rings. The maximum atomic E-state index is 6.22. The Hall–Kier alpha value is -0.120. The van der Waals surface area contributed by atoms with E-state index in [1.165, 1.54) is 45.3 Å². The van der Waals surface area contributed by atoms with E-state index in [0.29, 0.717) is 24.4 Å². The predicted octanol–water partition coefficient (Wildman–Crippen LogP) is 3.86. The SMILES string of the molecule is CC(C)CCCN1CCC(O[C@H]2C[C@H](OC(C)C)C2)CC1. The Labute approximate surface area is 131 Å². The minimum absolute atomic E-state index is 0.352. The number of likely N-dealkylation sites (tertiary alicyclic amines) is 1. The number of hydrogen-bond acceptors (Lipinski definition) is 3. The van der Waals surface area contributed by atoms with Crippen LogP contribution in [0.4, 0.5) is 0 Å². The van der Waals surface area contributed by atoms with E-state index in [2.05, 4.69) is 32.6 Å². The summed E-state index contributed by atoms with van der Waals surface area (Å²) in [6, 6.07) is 0. The second-order valence-electron chi connectivity index (χ2n) is 7.61. The van der Waals surface area contributed by atoms with E-state index in [1.54, 1.807) is 0 Å². The number of piperidine rings is 1. The van der Waals surface area contributed by atoms with Gasteiger partial charge in [-0.2, -0.15) is 0 Å². The van der Waals surface area contributed by atoms with Crippen molar-refractivity contribution in [2.24, 2.45) is 5.92 Å². The predicted molar refractivity (Wildman–Crippen MR) is 87.7 cm³/mol. The first-order valence-electron chi connectivity index (χ1n) is 9.06. The molecular weight excluding hydrogens is 262 g/mol. The van der Waals surface area contributed by atoms with Gasteiger partial charge in [-0.25, -0.2) is 0 Å². The Bertz CT molecular complexity index is 279. The Morgan fingerprint density at radius 3 is 2.19 bits per heavy atom. The smallest absolute Gasteiger partial charge is 0.0628 e. The molecule has 0 bridgehead atoms. The molecule has 1 saturated carbocycles. The molecular formula is C18H35NO2. The second kappa shape index (κ2) is 8.50. The Balaban J connectivity index is 1.52. The van der Waals surface area contributed by atoms with Crippen LogP contribution in [-0.2, 0) is 9.47 Å². The van der Waals surface area contributed by atoms with Crippen LogP contribution in [0.1, 0.15) is 66.2 Å². The zero-order valence-electron chi connectivity index (χ0n) is 14.5.